The number of nitrogens with zero attached hydrogens (tertiary/aromatic N) is 4. The van der Waals surface area contributed by atoms with Crippen LogP contribution in [0, 0.1) is 6.57 Å². The quantitative estimate of drug-likeness (QED) is 0.435. The molecule has 0 aliphatic carbocycles. The Morgan fingerprint density at radius 1 is 1.03 bits per heavy atom. The Labute approximate surface area is 186 Å². The number of H-pyrrole nitrogens is 2. The Bertz CT molecular complexity index is 1560. The van der Waals surface area contributed by atoms with Crippen molar-refractivity contribution < 1.29 is 4.74 Å². The molecule has 4 aromatic rings. The van der Waals surface area contributed by atoms with Crippen LogP contribution in [0.25, 0.3) is 21.3 Å². The summed E-state index contributed by atoms with van der Waals surface area (Å²) in [4.78, 5) is 40.6. The number of rotatable bonds is 3. The smallest absolute Gasteiger partial charge is 0.365 e. The van der Waals surface area contributed by atoms with Gasteiger partial charge in [0.05, 0.1) is 31.5 Å². The Hall–Kier alpha value is -3.65. The normalized spacial score (nSPS) is 10.8. The minimum Gasteiger partial charge on any atom is -0.434 e. The summed E-state index contributed by atoms with van der Waals surface area (Å²) in [7, 11) is 0. The van der Waals surface area contributed by atoms with E-state index in [0.29, 0.717) is 5.39 Å². The van der Waals surface area contributed by atoms with Crippen LogP contribution in [0.4, 0.5) is 5.82 Å². The van der Waals surface area contributed by atoms with E-state index >= 15 is 0 Å². The van der Waals surface area contributed by atoms with Crippen molar-refractivity contribution in [2.75, 3.05) is 0 Å². The fourth-order valence-corrected chi connectivity index (χ4v) is 3.54. The van der Waals surface area contributed by atoms with Crippen LogP contribution in [0.15, 0.2) is 44.7 Å². The van der Waals surface area contributed by atoms with E-state index in [1.165, 1.54) is 12.1 Å². The van der Waals surface area contributed by atoms with Crippen molar-refractivity contribution in [3.8, 4) is 17.3 Å². The molecule has 0 aliphatic rings. The van der Waals surface area contributed by atoms with Crippen molar-refractivity contribution in [1.29, 1.82) is 0 Å². The second-order valence-electron chi connectivity index (χ2n) is 5.97. The molecule has 31 heavy (non-hydrogen) atoms. The SMILES string of the molecule is [C-]#[N+]c1nn(-c2cc(Cl)c(Oc3n[nH]c(=O)c4c(Cl)cccc34)c(Cl)c2)c(=O)[nH]c1=O. The molecule has 2 N–H and O–H groups in total. The highest BCUT2D eigenvalue weighted by atomic mass is 35.5. The van der Waals surface area contributed by atoms with Gasteiger partial charge in [-0.2, -0.15) is 0 Å². The van der Waals surface area contributed by atoms with Gasteiger partial charge in [0.1, 0.15) is 0 Å². The molecule has 2 aromatic heterocycles. The third-order valence-corrected chi connectivity index (χ3v) is 4.95. The highest BCUT2D eigenvalue weighted by Crippen LogP contribution is 2.39. The van der Waals surface area contributed by atoms with E-state index in [1.807, 2.05) is 4.98 Å². The van der Waals surface area contributed by atoms with Crippen molar-refractivity contribution in [3.63, 3.8) is 0 Å². The van der Waals surface area contributed by atoms with E-state index in [2.05, 4.69) is 20.1 Å². The summed E-state index contributed by atoms with van der Waals surface area (Å²) in [6.07, 6.45) is 0. The van der Waals surface area contributed by atoms with Crippen LogP contribution in [0.3, 0.4) is 0 Å². The van der Waals surface area contributed by atoms with Gasteiger partial charge >= 0.3 is 11.5 Å². The first kappa shape index (κ1) is 20.6. The lowest BCUT2D eigenvalue weighted by atomic mass is 10.2. The molecule has 0 aliphatic heterocycles. The highest BCUT2D eigenvalue weighted by Gasteiger charge is 2.19. The third-order valence-electron chi connectivity index (χ3n) is 4.07. The van der Waals surface area contributed by atoms with Crippen LogP contribution in [-0.2, 0) is 0 Å². The molecule has 0 fully saturated rings. The van der Waals surface area contributed by atoms with Gasteiger partial charge in [0, 0.05) is 0 Å². The van der Waals surface area contributed by atoms with Gasteiger partial charge in [-0.3, -0.25) is 14.6 Å². The Balaban J connectivity index is 1.83. The number of fused-ring (bicyclic) bond motifs is 1. The number of ether oxygens (including phenoxy) is 1. The number of aromatic amines is 2. The fourth-order valence-electron chi connectivity index (χ4n) is 2.73. The summed E-state index contributed by atoms with van der Waals surface area (Å²) in [5.41, 5.74) is -2.22. The second kappa shape index (κ2) is 7.88. The summed E-state index contributed by atoms with van der Waals surface area (Å²) in [5, 5.41) is 10.5. The number of hydrogen-bond acceptors (Lipinski definition) is 6. The van der Waals surface area contributed by atoms with Crippen LogP contribution in [0.1, 0.15) is 0 Å². The maximum atomic E-state index is 12.1. The number of hydrogen-bond donors (Lipinski definition) is 2. The molecule has 0 amide bonds. The van der Waals surface area contributed by atoms with Gasteiger partial charge in [-0.25, -0.2) is 9.89 Å². The van der Waals surface area contributed by atoms with E-state index in [1.54, 1.807) is 18.2 Å². The summed E-state index contributed by atoms with van der Waals surface area (Å²) >= 11 is 18.7. The van der Waals surface area contributed by atoms with Gasteiger partial charge in [-0.05, 0) is 29.4 Å². The lowest BCUT2D eigenvalue weighted by Crippen LogP contribution is -2.30. The molecule has 2 aromatic carbocycles. The fraction of sp³-hybridized carbons (Fsp3) is 0. The monoisotopic (exact) mass is 476 g/mol. The van der Waals surface area contributed by atoms with Gasteiger partial charge < -0.3 is 9.58 Å². The van der Waals surface area contributed by atoms with Crippen molar-refractivity contribution in [3.05, 3.63) is 88.0 Å². The van der Waals surface area contributed by atoms with E-state index in [4.69, 9.17) is 46.1 Å². The summed E-state index contributed by atoms with van der Waals surface area (Å²) in [5.74, 6) is -0.563. The van der Waals surface area contributed by atoms with Crippen molar-refractivity contribution in [2.45, 2.75) is 0 Å². The molecule has 0 unspecified atom stereocenters. The van der Waals surface area contributed by atoms with Gasteiger partial charge in [0.2, 0.25) is 5.88 Å². The molecule has 0 radical (unpaired) electrons. The zero-order valence-corrected chi connectivity index (χ0v) is 17.2. The molecular weight excluding hydrogens is 471 g/mol. The zero-order chi connectivity index (χ0) is 22.3. The molecule has 0 spiro atoms. The Morgan fingerprint density at radius 3 is 2.42 bits per heavy atom. The number of aromatic nitrogens is 5. The third kappa shape index (κ3) is 3.66. The van der Waals surface area contributed by atoms with Gasteiger partial charge in [0.15, 0.2) is 5.75 Å². The van der Waals surface area contributed by atoms with Gasteiger partial charge in [-0.1, -0.05) is 47.4 Å². The lowest BCUT2D eigenvalue weighted by molar-refractivity contribution is 0.461. The minimum absolute atomic E-state index is 0.0109. The van der Waals surface area contributed by atoms with Crippen LogP contribution in [-0.4, -0.2) is 25.0 Å². The van der Waals surface area contributed by atoms with Crippen molar-refractivity contribution >= 4 is 51.4 Å². The highest BCUT2D eigenvalue weighted by molar-refractivity contribution is 6.37. The average molecular weight is 478 g/mol. The van der Waals surface area contributed by atoms with Crippen molar-refractivity contribution in [2.24, 2.45) is 0 Å². The molecule has 0 saturated heterocycles. The summed E-state index contributed by atoms with van der Waals surface area (Å²) < 4.78 is 6.50. The average Bonchev–Trinajstić information content (AvgIpc) is 2.72. The molecule has 13 heteroatoms. The van der Waals surface area contributed by atoms with Crippen molar-refractivity contribution in [1.82, 2.24) is 25.0 Å². The Morgan fingerprint density at radius 2 is 1.74 bits per heavy atom. The second-order valence-corrected chi connectivity index (χ2v) is 7.19. The molecule has 154 valence electrons. The number of nitrogens with one attached hydrogen (secondary N) is 2. The maximum absolute atomic E-state index is 12.1. The molecule has 10 nitrogen and oxygen atoms in total. The molecule has 0 atom stereocenters. The Kier molecular flexibility index (Phi) is 5.24. The summed E-state index contributed by atoms with van der Waals surface area (Å²) in [6.45, 7) is 6.97. The first-order chi connectivity index (χ1) is 14.8. The van der Waals surface area contributed by atoms with E-state index in [0.717, 1.165) is 4.68 Å². The zero-order valence-electron chi connectivity index (χ0n) is 14.9. The molecule has 0 saturated carbocycles. The minimum atomic E-state index is -0.914. The number of benzene rings is 2. The maximum Gasteiger partial charge on any atom is 0.365 e. The van der Waals surface area contributed by atoms with Gasteiger partial charge in [-0.15, -0.1) is 9.78 Å². The van der Waals surface area contributed by atoms with Crippen LogP contribution in [0.5, 0.6) is 11.6 Å². The standard InChI is InChI=1S/C18H7Cl3N6O4/c1-22-14-16(29)23-18(30)27(26-14)7-5-10(20)13(11(21)6-7)31-17-8-3-2-4-9(19)12(8)15(28)24-25-17/h2-6H,(H,24,28)(H,23,29,30). The molecule has 2 heterocycles. The predicted octanol–water partition coefficient (Wildman–Crippen LogP) is 3.46. The van der Waals surface area contributed by atoms with E-state index in [9.17, 15) is 14.4 Å². The predicted molar refractivity (Wildman–Crippen MR) is 114 cm³/mol. The first-order valence-corrected chi connectivity index (χ1v) is 9.39. The number of halogens is 3. The largest absolute Gasteiger partial charge is 0.434 e. The van der Waals surface area contributed by atoms with Crippen LogP contribution < -0.4 is 21.5 Å². The molecule has 0 bridgehead atoms. The van der Waals surface area contributed by atoms with E-state index < -0.39 is 22.6 Å². The molecule has 4 rings (SSSR count). The first-order valence-electron chi connectivity index (χ1n) is 8.25. The molecular formula is C18H7Cl3N6O4. The van der Waals surface area contributed by atoms with Crippen LogP contribution in [0.2, 0.25) is 15.1 Å². The topological polar surface area (TPSA) is 127 Å². The summed E-state index contributed by atoms with van der Waals surface area (Å²) in [6, 6.07) is 7.34. The van der Waals surface area contributed by atoms with Crippen LogP contribution >= 0.6 is 34.8 Å². The lowest BCUT2D eigenvalue weighted by Gasteiger charge is -2.12. The van der Waals surface area contributed by atoms with Gasteiger partial charge in [0.25, 0.3) is 11.1 Å². The van der Waals surface area contributed by atoms with E-state index in [-0.39, 0.29) is 37.8 Å².